The highest BCUT2D eigenvalue weighted by molar-refractivity contribution is 5.84. The van der Waals surface area contributed by atoms with Crippen LogP contribution in [0.25, 0.3) is 11.3 Å². The smallest absolute Gasteiger partial charge is 0.413 e. The Bertz CT molecular complexity index is 710. The van der Waals surface area contributed by atoms with Crippen molar-refractivity contribution in [3.63, 3.8) is 0 Å². The summed E-state index contributed by atoms with van der Waals surface area (Å²) in [5, 5.41) is 11.4. The molecule has 112 valence electrons. The van der Waals surface area contributed by atoms with Crippen molar-refractivity contribution in [1.29, 1.82) is 5.26 Å². The van der Waals surface area contributed by atoms with Gasteiger partial charge in [0.25, 0.3) is 0 Å². The fraction of sp³-hybridized carbons (Fsp3) is 0.235. The minimum absolute atomic E-state index is 0.413. The number of amides is 1. The molecule has 0 spiro atoms. The molecule has 5 heteroatoms. The molecule has 22 heavy (non-hydrogen) atoms. The Morgan fingerprint density at radius 3 is 2.45 bits per heavy atom. The van der Waals surface area contributed by atoms with Crippen LogP contribution < -0.4 is 5.32 Å². The van der Waals surface area contributed by atoms with Crippen molar-refractivity contribution in [3.05, 3.63) is 48.0 Å². The molecule has 0 saturated heterocycles. The average Bonchev–Trinajstić information content (AvgIpc) is 2.45. The standard InChI is InChI=1S/C17H17N3O2/c1-17(2,3)22-16(21)20-15-6-4-5-14(19-15)13-9-7-12(11-18)8-10-13/h4-10H,1-3H3,(H,19,20,21). The number of aromatic nitrogens is 1. The van der Waals surface area contributed by atoms with E-state index in [2.05, 4.69) is 16.4 Å². The van der Waals surface area contributed by atoms with Gasteiger partial charge in [-0.2, -0.15) is 5.26 Å². The van der Waals surface area contributed by atoms with Crippen LogP contribution in [-0.2, 0) is 4.74 Å². The number of nitrogens with zero attached hydrogens (tertiary/aromatic N) is 2. The highest BCUT2D eigenvalue weighted by Crippen LogP contribution is 2.19. The van der Waals surface area contributed by atoms with Gasteiger partial charge in [0.15, 0.2) is 0 Å². The molecule has 0 fully saturated rings. The predicted molar refractivity (Wildman–Crippen MR) is 84.2 cm³/mol. The summed E-state index contributed by atoms with van der Waals surface area (Å²) >= 11 is 0. The lowest BCUT2D eigenvalue weighted by Gasteiger charge is -2.19. The molecule has 1 heterocycles. The molecule has 1 N–H and O–H groups in total. The van der Waals surface area contributed by atoms with Gasteiger partial charge in [0, 0.05) is 5.56 Å². The number of carbonyl (C=O) groups excluding carboxylic acids is 1. The number of anilines is 1. The first-order valence-electron chi connectivity index (χ1n) is 6.85. The zero-order chi connectivity index (χ0) is 16.2. The van der Waals surface area contributed by atoms with E-state index in [1.165, 1.54) is 0 Å². The fourth-order valence-corrected chi connectivity index (χ4v) is 1.79. The number of hydrogen-bond donors (Lipinski definition) is 1. The van der Waals surface area contributed by atoms with Crippen LogP contribution in [0.5, 0.6) is 0 Å². The average molecular weight is 295 g/mol. The van der Waals surface area contributed by atoms with Crippen molar-refractivity contribution in [2.24, 2.45) is 0 Å². The van der Waals surface area contributed by atoms with Crippen LogP contribution in [0.2, 0.25) is 0 Å². The summed E-state index contributed by atoms with van der Waals surface area (Å²) in [6, 6.07) is 14.5. The Balaban J connectivity index is 2.16. The van der Waals surface area contributed by atoms with E-state index in [0.717, 1.165) is 5.56 Å². The number of hydrogen-bond acceptors (Lipinski definition) is 4. The molecule has 0 aliphatic rings. The lowest BCUT2D eigenvalue weighted by atomic mass is 10.1. The third-order valence-electron chi connectivity index (χ3n) is 2.69. The number of pyridine rings is 1. The zero-order valence-electron chi connectivity index (χ0n) is 12.8. The molecule has 0 bridgehead atoms. The molecule has 2 aromatic rings. The van der Waals surface area contributed by atoms with E-state index in [4.69, 9.17) is 10.00 Å². The van der Waals surface area contributed by atoms with Crippen LogP contribution in [-0.4, -0.2) is 16.7 Å². The quantitative estimate of drug-likeness (QED) is 0.909. The molecule has 0 aliphatic heterocycles. The number of ether oxygens (including phenoxy) is 1. The summed E-state index contributed by atoms with van der Waals surface area (Å²) in [5.74, 6) is 0.413. The van der Waals surface area contributed by atoms with Gasteiger partial charge in [-0.15, -0.1) is 0 Å². The van der Waals surface area contributed by atoms with Gasteiger partial charge in [0.2, 0.25) is 0 Å². The molecular formula is C17H17N3O2. The monoisotopic (exact) mass is 295 g/mol. The van der Waals surface area contributed by atoms with Gasteiger partial charge < -0.3 is 4.74 Å². The third kappa shape index (κ3) is 4.32. The van der Waals surface area contributed by atoms with Crippen molar-refractivity contribution in [2.75, 3.05) is 5.32 Å². The number of carbonyl (C=O) groups is 1. The van der Waals surface area contributed by atoms with Gasteiger partial charge >= 0.3 is 6.09 Å². The Morgan fingerprint density at radius 2 is 1.86 bits per heavy atom. The lowest BCUT2D eigenvalue weighted by molar-refractivity contribution is 0.0635. The molecule has 1 amide bonds. The Labute approximate surface area is 129 Å². The number of nitrogens with one attached hydrogen (secondary N) is 1. The number of rotatable bonds is 2. The van der Waals surface area contributed by atoms with Gasteiger partial charge in [-0.05, 0) is 45.0 Å². The van der Waals surface area contributed by atoms with E-state index in [-0.39, 0.29) is 0 Å². The molecule has 5 nitrogen and oxygen atoms in total. The van der Waals surface area contributed by atoms with Gasteiger partial charge in [-0.3, -0.25) is 5.32 Å². The van der Waals surface area contributed by atoms with Gasteiger partial charge in [-0.25, -0.2) is 9.78 Å². The first-order valence-corrected chi connectivity index (χ1v) is 6.85. The summed E-state index contributed by atoms with van der Waals surface area (Å²) in [4.78, 5) is 16.1. The molecule has 1 aromatic heterocycles. The molecule has 0 aliphatic carbocycles. The van der Waals surface area contributed by atoms with Crippen LogP contribution in [0.4, 0.5) is 10.6 Å². The number of benzene rings is 1. The van der Waals surface area contributed by atoms with Crippen molar-refractivity contribution in [3.8, 4) is 17.3 Å². The topological polar surface area (TPSA) is 75.0 Å². The maximum atomic E-state index is 11.8. The third-order valence-corrected chi connectivity index (χ3v) is 2.69. The lowest BCUT2D eigenvalue weighted by Crippen LogP contribution is -2.27. The highest BCUT2D eigenvalue weighted by atomic mass is 16.6. The molecule has 2 rings (SSSR count). The van der Waals surface area contributed by atoms with E-state index < -0.39 is 11.7 Å². The second-order valence-corrected chi connectivity index (χ2v) is 5.72. The van der Waals surface area contributed by atoms with E-state index in [1.807, 2.05) is 18.2 Å². The van der Waals surface area contributed by atoms with Crippen LogP contribution >= 0.6 is 0 Å². The van der Waals surface area contributed by atoms with Crippen molar-refractivity contribution >= 4 is 11.9 Å². The van der Waals surface area contributed by atoms with Crippen molar-refractivity contribution in [1.82, 2.24) is 4.98 Å². The van der Waals surface area contributed by atoms with E-state index in [9.17, 15) is 4.79 Å². The van der Waals surface area contributed by atoms with E-state index in [0.29, 0.717) is 17.1 Å². The van der Waals surface area contributed by atoms with Gasteiger partial charge in [0.05, 0.1) is 17.3 Å². The van der Waals surface area contributed by atoms with Gasteiger partial charge in [-0.1, -0.05) is 18.2 Å². The predicted octanol–water partition coefficient (Wildman–Crippen LogP) is 3.97. The summed E-state index contributed by atoms with van der Waals surface area (Å²) in [5.41, 5.74) is 1.60. The Hall–Kier alpha value is -2.87. The second kappa shape index (κ2) is 6.27. The molecule has 0 saturated carbocycles. The van der Waals surface area contributed by atoms with Crippen LogP contribution in [0.3, 0.4) is 0 Å². The first kappa shape index (κ1) is 15.5. The maximum absolute atomic E-state index is 11.8. The first-order chi connectivity index (χ1) is 10.4. The highest BCUT2D eigenvalue weighted by Gasteiger charge is 2.16. The summed E-state index contributed by atoms with van der Waals surface area (Å²) in [6.07, 6.45) is -0.544. The van der Waals surface area contributed by atoms with Crippen LogP contribution in [0.15, 0.2) is 42.5 Å². The second-order valence-electron chi connectivity index (χ2n) is 5.72. The molecule has 1 aromatic carbocycles. The zero-order valence-corrected chi connectivity index (χ0v) is 12.8. The van der Waals surface area contributed by atoms with Crippen LogP contribution in [0, 0.1) is 11.3 Å². The van der Waals surface area contributed by atoms with Crippen molar-refractivity contribution in [2.45, 2.75) is 26.4 Å². The minimum Gasteiger partial charge on any atom is -0.444 e. The molecule has 0 unspecified atom stereocenters. The Morgan fingerprint density at radius 1 is 1.18 bits per heavy atom. The Kier molecular flexibility index (Phi) is 4.42. The van der Waals surface area contributed by atoms with Crippen LogP contribution in [0.1, 0.15) is 26.3 Å². The van der Waals surface area contributed by atoms with E-state index >= 15 is 0 Å². The maximum Gasteiger partial charge on any atom is 0.413 e. The summed E-state index contributed by atoms with van der Waals surface area (Å²) in [6.45, 7) is 5.40. The normalized spacial score (nSPS) is 10.6. The SMILES string of the molecule is CC(C)(C)OC(=O)Nc1cccc(-c2ccc(C#N)cc2)n1. The summed E-state index contributed by atoms with van der Waals surface area (Å²) < 4.78 is 5.19. The largest absolute Gasteiger partial charge is 0.444 e. The minimum atomic E-state index is -0.561. The van der Waals surface area contributed by atoms with Gasteiger partial charge in [0.1, 0.15) is 11.4 Å². The van der Waals surface area contributed by atoms with Crippen molar-refractivity contribution < 1.29 is 9.53 Å². The summed E-state index contributed by atoms with van der Waals surface area (Å²) in [7, 11) is 0. The van der Waals surface area contributed by atoms with E-state index in [1.54, 1.807) is 45.0 Å². The molecule has 0 atom stereocenters. The molecular weight excluding hydrogens is 278 g/mol. The number of nitriles is 1. The fourth-order valence-electron chi connectivity index (χ4n) is 1.79. The molecule has 0 radical (unpaired) electrons.